The number of hydrogen-bond acceptors (Lipinski definition) is 7. The lowest BCUT2D eigenvalue weighted by Crippen LogP contribution is -2.17. The second-order valence-electron chi connectivity index (χ2n) is 6.11. The van der Waals surface area contributed by atoms with Crippen LogP contribution in [-0.4, -0.2) is 27.4 Å². The molecule has 2 aromatic heterocycles. The zero-order chi connectivity index (χ0) is 22.0. The summed E-state index contributed by atoms with van der Waals surface area (Å²) in [4.78, 5) is 20.3. The first-order chi connectivity index (χ1) is 14.8. The Hall–Kier alpha value is -3.86. The second kappa shape index (κ2) is 8.11. The van der Waals surface area contributed by atoms with Crippen molar-refractivity contribution in [3.63, 3.8) is 0 Å². The average molecular weight is 450 g/mol. The molecule has 8 nitrogen and oxygen atoms in total. The van der Waals surface area contributed by atoms with E-state index in [1.54, 1.807) is 6.07 Å². The van der Waals surface area contributed by atoms with Crippen molar-refractivity contribution in [3.05, 3.63) is 65.7 Å². The Morgan fingerprint density at radius 3 is 2.61 bits per heavy atom. The van der Waals surface area contributed by atoms with E-state index in [0.717, 1.165) is 12.1 Å². The predicted molar refractivity (Wildman–Crippen MR) is 105 cm³/mol. The normalized spacial score (nSPS) is 11.4. The van der Waals surface area contributed by atoms with Gasteiger partial charge in [-0.15, -0.1) is 13.2 Å². The van der Waals surface area contributed by atoms with Gasteiger partial charge in [0.15, 0.2) is 11.4 Å². The highest BCUT2D eigenvalue weighted by Gasteiger charge is 2.31. The number of anilines is 3. The molecule has 0 bridgehead atoms. The Bertz CT molecular complexity index is 1250. The number of ether oxygens (including phenoxy) is 1. The number of nitrogens with zero attached hydrogens (tertiary/aromatic N) is 3. The molecule has 2 aromatic carbocycles. The summed E-state index contributed by atoms with van der Waals surface area (Å²) < 4.78 is 46.5. The maximum absolute atomic E-state index is 12.7. The third-order valence-electron chi connectivity index (χ3n) is 3.97. The fourth-order valence-corrected chi connectivity index (χ4v) is 2.98. The zero-order valence-corrected chi connectivity index (χ0v) is 16.0. The number of aromatic nitrogens is 3. The lowest BCUT2D eigenvalue weighted by Gasteiger charge is -2.10. The topological polar surface area (TPSA) is 102 Å². The van der Waals surface area contributed by atoms with Gasteiger partial charge in [-0.2, -0.15) is 0 Å². The highest BCUT2D eigenvalue weighted by atomic mass is 35.5. The first-order valence-electron chi connectivity index (χ1n) is 8.57. The summed E-state index contributed by atoms with van der Waals surface area (Å²) in [6.07, 6.45) is -0.695. The molecule has 0 fully saturated rings. The van der Waals surface area contributed by atoms with Crippen LogP contribution in [0.15, 0.2) is 59.6 Å². The number of carbonyl (C=O) groups is 1. The standard InChI is InChI=1S/C19H11ClF3N5O3/c20-14-5-4-13-16(15(14)18(29)27-11-7-24-9-25-8-11)31-28-17(13)26-10-2-1-3-12(6-10)30-19(21,22)23/h1-9H,(H,26,28)(H,27,29). The molecule has 4 rings (SSSR count). The number of fused-ring (bicyclic) bond motifs is 1. The van der Waals surface area contributed by atoms with E-state index in [4.69, 9.17) is 16.1 Å². The lowest BCUT2D eigenvalue weighted by molar-refractivity contribution is -0.274. The smallest absolute Gasteiger partial charge is 0.406 e. The van der Waals surface area contributed by atoms with E-state index in [1.807, 2.05) is 0 Å². The molecule has 0 aliphatic rings. The first kappa shape index (κ1) is 20.4. The van der Waals surface area contributed by atoms with E-state index in [2.05, 4.69) is 30.5 Å². The summed E-state index contributed by atoms with van der Waals surface area (Å²) in [5.41, 5.74) is 0.726. The van der Waals surface area contributed by atoms with Gasteiger partial charge in [-0.25, -0.2) is 9.97 Å². The third-order valence-corrected chi connectivity index (χ3v) is 4.28. The van der Waals surface area contributed by atoms with Crippen molar-refractivity contribution in [2.75, 3.05) is 10.6 Å². The van der Waals surface area contributed by atoms with Gasteiger partial charge >= 0.3 is 6.36 Å². The van der Waals surface area contributed by atoms with Crippen LogP contribution in [0.4, 0.5) is 30.4 Å². The summed E-state index contributed by atoms with van der Waals surface area (Å²) >= 11 is 6.19. The molecule has 0 aliphatic carbocycles. The number of nitrogens with one attached hydrogen (secondary N) is 2. The van der Waals surface area contributed by atoms with Crippen LogP contribution in [0.3, 0.4) is 0 Å². The van der Waals surface area contributed by atoms with E-state index >= 15 is 0 Å². The summed E-state index contributed by atoms with van der Waals surface area (Å²) in [5.74, 6) is -0.805. The number of amides is 1. The van der Waals surface area contributed by atoms with Gasteiger partial charge in [-0.05, 0) is 24.3 Å². The fourth-order valence-electron chi connectivity index (χ4n) is 2.75. The number of halogens is 4. The van der Waals surface area contributed by atoms with Gasteiger partial charge in [-0.3, -0.25) is 4.79 Å². The highest BCUT2D eigenvalue weighted by Crippen LogP contribution is 2.33. The maximum atomic E-state index is 12.7. The van der Waals surface area contributed by atoms with Crippen molar-refractivity contribution < 1.29 is 27.2 Å². The van der Waals surface area contributed by atoms with Crippen molar-refractivity contribution in [3.8, 4) is 5.75 Å². The van der Waals surface area contributed by atoms with Gasteiger partial charge < -0.3 is 19.9 Å². The number of rotatable bonds is 5. The van der Waals surface area contributed by atoms with Crippen molar-refractivity contribution in [2.24, 2.45) is 0 Å². The quantitative estimate of drug-likeness (QED) is 0.433. The molecule has 2 heterocycles. The zero-order valence-electron chi connectivity index (χ0n) is 15.3. The second-order valence-corrected chi connectivity index (χ2v) is 6.52. The summed E-state index contributed by atoms with van der Waals surface area (Å²) in [5, 5.41) is 9.82. The molecular weight excluding hydrogens is 439 g/mol. The van der Waals surface area contributed by atoms with E-state index in [1.165, 1.54) is 36.9 Å². The molecule has 158 valence electrons. The van der Waals surface area contributed by atoms with Gasteiger partial charge in [0.25, 0.3) is 5.91 Å². The average Bonchev–Trinajstić information content (AvgIpc) is 3.10. The molecule has 0 saturated carbocycles. The minimum Gasteiger partial charge on any atom is -0.406 e. The Labute approximate surface area is 177 Å². The number of carbonyl (C=O) groups excluding carboxylic acids is 1. The fraction of sp³-hybridized carbons (Fsp3) is 0.0526. The minimum atomic E-state index is -4.82. The van der Waals surface area contributed by atoms with Crippen molar-refractivity contribution in [1.82, 2.24) is 15.1 Å². The molecule has 0 unspecified atom stereocenters. The Balaban J connectivity index is 1.64. The van der Waals surface area contributed by atoms with Crippen LogP contribution in [0.25, 0.3) is 11.0 Å². The molecule has 0 atom stereocenters. The minimum absolute atomic E-state index is 0.0257. The van der Waals surface area contributed by atoms with Gasteiger partial charge in [0.05, 0.1) is 28.5 Å². The van der Waals surface area contributed by atoms with Crippen molar-refractivity contribution in [1.29, 1.82) is 0 Å². The summed E-state index contributed by atoms with van der Waals surface area (Å²) in [6.45, 7) is 0. The van der Waals surface area contributed by atoms with Gasteiger partial charge in [0.2, 0.25) is 0 Å². The maximum Gasteiger partial charge on any atom is 0.573 e. The lowest BCUT2D eigenvalue weighted by atomic mass is 10.1. The van der Waals surface area contributed by atoms with Crippen molar-refractivity contribution in [2.45, 2.75) is 6.36 Å². The number of benzene rings is 2. The molecule has 0 saturated heterocycles. The Morgan fingerprint density at radius 1 is 1.10 bits per heavy atom. The van der Waals surface area contributed by atoms with Crippen LogP contribution in [0.2, 0.25) is 5.02 Å². The third kappa shape index (κ3) is 4.67. The molecule has 4 aromatic rings. The predicted octanol–water partition coefficient (Wildman–Crippen LogP) is 5.17. The van der Waals surface area contributed by atoms with Crippen molar-refractivity contribution >= 4 is 45.7 Å². The summed E-state index contributed by atoms with van der Waals surface area (Å²) in [6, 6.07) is 8.24. The molecule has 0 radical (unpaired) electrons. The van der Waals surface area contributed by atoms with E-state index in [0.29, 0.717) is 11.1 Å². The van der Waals surface area contributed by atoms with E-state index < -0.39 is 18.0 Å². The van der Waals surface area contributed by atoms with Crippen LogP contribution in [-0.2, 0) is 0 Å². The number of alkyl halides is 3. The molecule has 31 heavy (non-hydrogen) atoms. The van der Waals surface area contributed by atoms with E-state index in [-0.39, 0.29) is 27.7 Å². The molecule has 12 heteroatoms. The SMILES string of the molecule is O=C(Nc1cncnc1)c1c(Cl)ccc2c(Nc3cccc(OC(F)(F)F)c3)noc12. The Morgan fingerprint density at radius 2 is 1.87 bits per heavy atom. The van der Waals surface area contributed by atoms with Gasteiger partial charge in [-0.1, -0.05) is 22.8 Å². The molecule has 0 spiro atoms. The van der Waals surface area contributed by atoms with Crippen LogP contribution in [0.5, 0.6) is 5.75 Å². The number of hydrogen-bond donors (Lipinski definition) is 2. The van der Waals surface area contributed by atoms with E-state index in [9.17, 15) is 18.0 Å². The molecule has 2 N–H and O–H groups in total. The van der Waals surface area contributed by atoms with Gasteiger partial charge in [0, 0.05) is 11.8 Å². The largest absolute Gasteiger partial charge is 0.573 e. The van der Waals surface area contributed by atoms with Crippen LogP contribution in [0, 0.1) is 0 Å². The molecule has 1 amide bonds. The van der Waals surface area contributed by atoms with Crippen LogP contribution >= 0.6 is 11.6 Å². The van der Waals surface area contributed by atoms with Gasteiger partial charge in [0.1, 0.15) is 17.6 Å². The van der Waals surface area contributed by atoms with Crippen LogP contribution < -0.4 is 15.4 Å². The van der Waals surface area contributed by atoms with Crippen LogP contribution in [0.1, 0.15) is 10.4 Å². The first-order valence-corrected chi connectivity index (χ1v) is 8.95. The molecular formula is C19H11ClF3N5O3. The summed E-state index contributed by atoms with van der Waals surface area (Å²) in [7, 11) is 0. The Kier molecular flexibility index (Phi) is 5.34. The molecule has 0 aliphatic heterocycles. The monoisotopic (exact) mass is 449 g/mol. The highest BCUT2D eigenvalue weighted by molar-refractivity contribution is 6.36.